The molecule has 0 N–H and O–H groups in total. The Morgan fingerprint density at radius 1 is 1.12 bits per heavy atom. The number of ether oxygens (including phenoxy) is 2. The van der Waals surface area contributed by atoms with Gasteiger partial charge in [0.15, 0.2) is 0 Å². The molecule has 0 saturated heterocycles. The van der Waals surface area contributed by atoms with Gasteiger partial charge in [-0.15, -0.1) is 0 Å². The van der Waals surface area contributed by atoms with Crippen LogP contribution in [0.5, 0.6) is 0 Å². The Bertz CT molecular complexity index is 245. The SMILES string of the molecule is CC(C)(C)OC(=O)C[C@H](C=O)OC(C)(C)C. The van der Waals surface area contributed by atoms with E-state index in [2.05, 4.69) is 0 Å². The molecule has 94 valence electrons. The minimum absolute atomic E-state index is 0.0436. The van der Waals surface area contributed by atoms with Crippen molar-refractivity contribution in [2.24, 2.45) is 0 Å². The highest BCUT2D eigenvalue weighted by atomic mass is 16.6. The Balaban J connectivity index is 4.24. The largest absolute Gasteiger partial charge is 0.460 e. The van der Waals surface area contributed by atoms with Crippen LogP contribution < -0.4 is 0 Å². The molecule has 4 heteroatoms. The first kappa shape index (κ1) is 15.1. The fourth-order valence-corrected chi connectivity index (χ4v) is 1.12. The van der Waals surface area contributed by atoms with E-state index in [9.17, 15) is 9.59 Å². The molecule has 0 spiro atoms. The molecule has 0 aromatic carbocycles. The first-order valence-corrected chi connectivity index (χ1v) is 5.38. The van der Waals surface area contributed by atoms with Crippen molar-refractivity contribution >= 4 is 12.3 Å². The first-order chi connectivity index (χ1) is 7.03. The third kappa shape index (κ3) is 8.41. The molecule has 4 nitrogen and oxygen atoms in total. The highest BCUT2D eigenvalue weighted by Gasteiger charge is 2.24. The first-order valence-electron chi connectivity index (χ1n) is 5.38. The van der Waals surface area contributed by atoms with Crippen LogP contribution in [0.4, 0.5) is 0 Å². The predicted octanol–water partition coefficient (Wildman–Crippen LogP) is 2.10. The predicted molar refractivity (Wildman–Crippen MR) is 61.2 cm³/mol. The number of rotatable bonds is 4. The highest BCUT2D eigenvalue weighted by molar-refractivity contribution is 5.75. The summed E-state index contributed by atoms with van der Waals surface area (Å²) in [6.07, 6.45) is -0.150. The van der Waals surface area contributed by atoms with Crippen molar-refractivity contribution in [1.82, 2.24) is 0 Å². The average Bonchev–Trinajstić information content (AvgIpc) is 1.96. The van der Waals surface area contributed by atoms with Crippen molar-refractivity contribution in [2.75, 3.05) is 0 Å². The molecule has 1 atom stereocenters. The van der Waals surface area contributed by atoms with Crippen LogP contribution in [-0.4, -0.2) is 29.6 Å². The summed E-state index contributed by atoms with van der Waals surface area (Å²) in [7, 11) is 0. The zero-order chi connectivity index (χ0) is 13.0. The minimum atomic E-state index is -0.741. The lowest BCUT2D eigenvalue weighted by Gasteiger charge is -2.25. The van der Waals surface area contributed by atoms with Crippen molar-refractivity contribution in [3.63, 3.8) is 0 Å². The van der Waals surface area contributed by atoms with Crippen molar-refractivity contribution in [3.05, 3.63) is 0 Å². The van der Waals surface area contributed by atoms with Crippen LogP contribution in [0.15, 0.2) is 0 Å². The van der Waals surface area contributed by atoms with Gasteiger partial charge in [-0.1, -0.05) is 0 Å². The summed E-state index contributed by atoms with van der Waals surface area (Å²) in [5.74, 6) is -0.422. The van der Waals surface area contributed by atoms with Crippen LogP contribution >= 0.6 is 0 Å². The van der Waals surface area contributed by atoms with Gasteiger partial charge in [-0.2, -0.15) is 0 Å². The molecule has 0 aliphatic rings. The lowest BCUT2D eigenvalue weighted by Crippen LogP contribution is -2.32. The molecular weight excluding hydrogens is 208 g/mol. The number of esters is 1. The lowest BCUT2D eigenvalue weighted by molar-refractivity contribution is -0.162. The summed E-state index contributed by atoms with van der Waals surface area (Å²) in [5.41, 5.74) is -0.986. The Kier molecular flexibility index (Phi) is 5.13. The van der Waals surface area contributed by atoms with Crippen molar-refractivity contribution < 1.29 is 19.1 Å². The van der Waals surface area contributed by atoms with E-state index < -0.39 is 23.3 Å². The molecule has 16 heavy (non-hydrogen) atoms. The van der Waals surface area contributed by atoms with Gasteiger partial charge in [0, 0.05) is 0 Å². The molecule has 0 aromatic rings. The van der Waals surface area contributed by atoms with E-state index in [1.165, 1.54) is 0 Å². The summed E-state index contributed by atoms with van der Waals surface area (Å²) < 4.78 is 10.5. The molecule has 0 fully saturated rings. The second kappa shape index (κ2) is 5.43. The van der Waals surface area contributed by atoms with Gasteiger partial charge in [-0.25, -0.2) is 0 Å². The van der Waals surface area contributed by atoms with Crippen molar-refractivity contribution in [1.29, 1.82) is 0 Å². The van der Waals surface area contributed by atoms with E-state index in [4.69, 9.17) is 9.47 Å². The van der Waals surface area contributed by atoms with E-state index in [0.717, 1.165) is 0 Å². The Hall–Kier alpha value is -0.900. The lowest BCUT2D eigenvalue weighted by atomic mass is 10.1. The maximum Gasteiger partial charge on any atom is 0.309 e. The van der Waals surface area contributed by atoms with E-state index in [0.29, 0.717) is 6.29 Å². The Labute approximate surface area is 97.3 Å². The molecule has 0 bridgehead atoms. The second-order valence-electron chi connectivity index (χ2n) is 5.70. The zero-order valence-corrected chi connectivity index (χ0v) is 11.0. The summed E-state index contributed by atoms with van der Waals surface area (Å²) >= 11 is 0. The van der Waals surface area contributed by atoms with Gasteiger partial charge in [-0.05, 0) is 41.5 Å². The van der Waals surface area contributed by atoms with E-state index in [1.54, 1.807) is 20.8 Å². The maximum absolute atomic E-state index is 11.5. The number of carbonyl (C=O) groups is 2. The molecule has 0 rings (SSSR count). The summed E-state index contributed by atoms with van der Waals surface area (Å²) in [5, 5.41) is 0. The minimum Gasteiger partial charge on any atom is -0.460 e. The molecule has 0 unspecified atom stereocenters. The standard InChI is InChI=1S/C12H22O4/c1-11(2,3)15-9(8-13)7-10(14)16-12(4,5)6/h8-9H,7H2,1-6H3/t9-/m1/s1. The molecule has 0 heterocycles. The second-order valence-corrected chi connectivity index (χ2v) is 5.70. The Morgan fingerprint density at radius 3 is 1.94 bits per heavy atom. The monoisotopic (exact) mass is 230 g/mol. The summed E-state index contributed by atoms with van der Waals surface area (Å²) in [6, 6.07) is 0. The van der Waals surface area contributed by atoms with Crippen LogP contribution in [0.2, 0.25) is 0 Å². The van der Waals surface area contributed by atoms with Crippen molar-refractivity contribution in [2.45, 2.75) is 65.3 Å². The highest BCUT2D eigenvalue weighted by Crippen LogP contribution is 2.14. The molecule has 0 aromatic heterocycles. The number of aldehydes is 1. The number of carbonyl (C=O) groups excluding carboxylic acids is 2. The molecule has 0 saturated carbocycles. The normalized spacial score (nSPS) is 14.4. The fourth-order valence-electron chi connectivity index (χ4n) is 1.12. The van der Waals surface area contributed by atoms with Crippen molar-refractivity contribution in [3.8, 4) is 0 Å². The van der Waals surface area contributed by atoms with Gasteiger partial charge in [0.1, 0.15) is 18.0 Å². The third-order valence-corrected chi connectivity index (χ3v) is 1.44. The van der Waals surface area contributed by atoms with Crippen LogP contribution in [0.3, 0.4) is 0 Å². The van der Waals surface area contributed by atoms with Crippen LogP contribution in [-0.2, 0) is 19.1 Å². The maximum atomic E-state index is 11.5. The molecular formula is C12H22O4. The van der Waals surface area contributed by atoms with Gasteiger partial charge >= 0.3 is 5.97 Å². The van der Waals surface area contributed by atoms with Gasteiger partial charge in [0.25, 0.3) is 0 Å². The van der Waals surface area contributed by atoms with Crippen LogP contribution in [0, 0.1) is 0 Å². The summed E-state index contributed by atoms with van der Waals surface area (Å²) in [6.45, 7) is 10.8. The van der Waals surface area contributed by atoms with E-state index in [1.807, 2.05) is 20.8 Å². The zero-order valence-electron chi connectivity index (χ0n) is 11.0. The van der Waals surface area contributed by atoms with E-state index in [-0.39, 0.29) is 6.42 Å². The van der Waals surface area contributed by atoms with Crippen LogP contribution in [0.1, 0.15) is 48.0 Å². The number of hydrogen-bond donors (Lipinski definition) is 0. The van der Waals surface area contributed by atoms with Gasteiger partial charge in [0.2, 0.25) is 0 Å². The molecule has 0 radical (unpaired) electrons. The fraction of sp³-hybridized carbons (Fsp3) is 0.833. The molecule has 0 aliphatic heterocycles. The van der Waals surface area contributed by atoms with Gasteiger partial charge in [-0.3, -0.25) is 4.79 Å². The average molecular weight is 230 g/mol. The Morgan fingerprint density at radius 2 is 1.62 bits per heavy atom. The summed E-state index contributed by atoms with van der Waals surface area (Å²) in [4.78, 5) is 22.2. The number of hydrogen-bond acceptors (Lipinski definition) is 4. The van der Waals surface area contributed by atoms with Gasteiger partial charge < -0.3 is 14.3 Å². The molecule has 0 amide bonds. The van der Waals surface area contributed by atoms with E-state index >= 15 is 0 Å². The smallest absolute Gasteiger partial charge is 0.309 e. The topological polar surface area (TPSA) is 52.6 Å². The van der Waals surface area contributed by atoms with Gasteiger partial charge in [0.05, 0.1) is 12.0 Å². The van der Waals surface area contributed by atoms with Crippen LogP contribution in [0.25, 0.3) is 0 Å². The quantitative estimate of drug-likeness (QED) is 0.548. The molecule has 0 aliphatic carbocycles. The third-order valence-electron chi connectivity index (χ3n) is 1.44.